The molecule has 2 aromatic carbocycles. The summed E-state index contributed by atoms with van der Waals surface area (Å²) in [7, 11) is 0. The van der Waals surface area contributed by atoms with Gasteiger partial charge in [-0.15, -0.1) is 0 Å². The lowest BCUT2D eigenvalue weighted by Gasteiger charge is -2.46. The number of nitrogens with one attached hydrogen (secondary N) is 2. The Morgan fingerprint density at radius 3 is 2.49 bits per heavy atom. The molecule has 10 nitrogen and oxygen atoms in total. The van der Waals surface area contributed by atoms with E-state index in [0.29, 0.717) is 37.8 Å². The number of morpholine rings is 1. The Hall–Kier alpha value is -3.02. The zero-order valence-electron chi connectivity index (χ0n) is 30.9. The molecule has 0 unspecified atom stereocenters. The van der Waals surface area contributed by atoms with Crippen molar-refractivity contribution in [1.82, 2.24) is 20.4 Å². The van der Waals surface area contributed by atoms with Crippen molar-refractivity contribution in [2.45, 2.75) is 102 Å². The lowest BCUT2D eigenvalue weighted by Crippen LogP contribution is -2.58. The number of piperidine rings is 1. The second-order valence-electron chi connectivity index (χ2n) is 16.4. The van der Waals surface area contributed by atoms with E-state index in [9.17, 15) is 19.8 Å². The van der Waals surface area contributed by atoms with E-state index in [2.05, 4.69) is 20.4 Å². The molecule has 51 heavy (non-hydrogen) atoms. The van der Waals surface area contributed by atoms with Crippen LogP contribution in [0, 0.1) is 17.8 Å². The highest BCUT2D eigenvalue weighted by Gasteiger charge is 2.41. The van der Waals surface area contributed by atoms with Crippen LogP contribution in [0.2, 0.25) is 0 Å². The predicted molar refractivity (Wildman–Crippen MR) is 197 cm³/mol. The predicted octanol–water partition coefficient (Wildman–Crippen LogP) is 3.88. The van der Waals surface area contributed by atoms with Gasteiger partial charge in [0.1, 0.15) is 12.4 Å². The summed E-state index contributed by atoms with van der Waals surface area (Å²) >= 11 is 0. The molecule has 2 aliphatic heterocycles. The molecule has 4 N–H and O–H groups in total. The first kappa shape index (κ1) is 37.7. The lowest BCUT2D eigenvalue weighted by atomic mass is 9.72. The Morgan fingerprint density at radius 2 is 1.75 bits per heavy atom. The Kier molecular flexibility index (Phi) is 12.7. The maximum atomic E-state index is 14.1. The van der Waals surface area contributed by atoms with E-state index in [1.165, 1.54) is 12.8 Å². The van der Waals surface area contributed by atoms with Gasteiger partial charge in [0.05, 0.1) is 37.5 Å². The second kappa shape index (κ2) is 17.2. The Morgan fingerprint density at radius 1 is 1.02 bits per heavy atom. The fraction of sp³-hybridized carbons (Fsp3) is 0.659. The van der Waals surface area contributed by atoms with Gasteiger partial charge in [0.2, 0.25) is 11.8 Å². The van der Waals surface area contributed by atoms with Gasteiger partial charge >= 0.3 is 0 Å². The summed E-state index contributed by atoms with van der Waals surface area (Å²) in [6.07, 6.45) is 5.22. The maximum Gasteiger partial charge on any atom is 0.237 e. The molecule has 6 rings (SSSR count). The topological polar surface area (TPSA) is 124 Å². The van der Waals surface area contributed by atoms with Gasteiger partial charge in [0.25, 0.3) is 0 Å². The van der Waals surface area contributed by atoms with E-state index in [0.717, 1.165) is 81.1 Å². The minimum Gasteiger partial charge on any atom is -0.492 e. The summed E-state index contributed by atoms with van der Waals surface area (Å²) in [6.45, 7) is 11.9. The number of aliphatic hydroxyl groups excluding tert-OH is 2. The van der Waals surface area contributed by atoms with E-state index >= 15 is 0 Å². The number of carbonyl (C=O) groups is 2. The summed E-state index contributed by atoms with van der Waals surface area (Å²) in [5, 5.41) is 29.0. The normalized spacial score (nSPS) is 26.8. The van der Waals surface area contributed by atoms with E-state index in [4.69, 9.17) is 9.47 Å². The molecule has 0 radical (unpaired) electrons. The zero-order chi connectivity index (χ0) is 36.0. The minimum absolute atomic E-state index is 0.0224. The number of hydrogen-bond acceptors (Lipinski definition) is 8. The van der Waals surface area contributed by atoms with Crippen LogP contribution >= 0.6 is 0 Å². The average molecular weight is 705 g/mol. The molecule has 7 atom stereocenters. The third kappa shape index (κ3) is 10.3. The van der Waals surface area contributed by atoms with Crippen molar-refractivity contribution in [2.75, 3.05) is 52.5 Å². The van der Waals surface area contributed by atoms with E-state index < -0.39 is 24.2 Å². The fourth-order valence-corrected chi connectivity index (χ4v) is 8.73. The smallest absolute Gasteiger partial charge is 0.237 e. The van der Waals surface area contributed by atoms with Crippen LogP contribution in [-0.4, -0.2) is 108 Å². The molecule has 2 aliphatic carbocycles. The Labute approximate surface area is 304 Å². The van der Waals surface area contributed by atoms with Crippen LogP contribution in [0.3, 0.4) is 0 Å². The van der Waals surface area contributed by atoms with Crippen LogP contribution in [-0.2, 0) is 27.2 Å². The first-order chi connectivity index (χ1) is 24.5. The standard InChI is InChI=1S/C41H60N4O6/c1-41(2,3)43-40(49)36-24-29-8-4-5-10-31(29)26-45(36)27-33(46)23-32(39(48)42-38-35-11-7-6-9-30(35)25-37(38)47)22-28-12-14-34(15-13-28)51-21-18-44-16-19-50-20-17-44/h6-7,9,11-15,29,31-33,36-38,46-47H,4-5,8,10,16-27H2,1-3H3,(H,42,48)(H,43,49)/t29-,31+,32-,33-,36-,37+,38-/m0/s1. The van der Waals surface area contributed by atoms with Crippen molar-refractivity contribution < 1.29 is 29.3 Å². The third-order valence-electron chi connectivity index (χ3n) is 11.4. The summed E-state index contributed by atoms with van der Waals surface area (Å²) in [4.78, 5) is 32.2. The number of β-amino-alcohol motifs (C(OH)–C–C–N with tert-alkyl or cyclic N) is 1. The molecule has 0 spiro atoms. The molecule has 3 fully saturated rings. The van der Waals surface area contributed by atoms with Gasteiger partial charge < -0.3 is 30.3 Å². The molecular formula is C41H60N4O6. The number of likely N-dealkylation sites (tertiary alicyclic amines) is 1. The highest BCUT2D eigenvalue weighted by atomic mass is 16.5. The number of carbonyl (C=O) groups excluding carboxylic acids is 2. The van der Waals surface area contributed by atoms with Crippen molar-refractivity contribution in [3.63, 3.8) is 0 Å². The summed E-state index contributed by atoms with van der Waals surface area (Å²) in [5.74, 6) is 1.14. The second-order valence-corrected chi connectivity index (χ2v) is 16.4. The van der Waals surface area contributed by atoms with E-state index in [1.807, 2.05) is 69.3 Å². The molecule has 4 aliphatic rings. The van der Waals surface area contributed by atoms with Crippen molar-refractivity contribution in [1.29, 1.82) is 0 Å². The van der Waals surface area contributed by atoms with E-state index in [1.54, 1.807) is 0 Å². The van der Waals surface area contributed by atoms with Gasteiger partial charge in [-0.2, -0.15) is 0 Å². The number of aliphatic hydroxyl groups is 2. The number of rotatable bonds is 13. The largest absolute Gasteiger partial charge is 0.492 e. The number of hydrogen-bond donors (Lipinski definition) is 4. The Bertz CT molecular complexity index is 1440. The molecular weight excluding hydrogens is 644 g/mol. The zero-order valence-corrected chi connectivity index (χ0v) is 30.9. The quantitative estimate of drug-likeness (QED) is 0.248. The summed E-state index contributed by atoms with van der Waals surface area (Å²) in [6, 6.07) is 15.0. The van der Waals surface area contributed by atoms with Crippen LogP contribution in [0.5, 0.6) is 5.75 Å². The summed E-state index contributed by atoms with van der Waals surface area (Å²) in [5.41, 5.74) is 2.61. The van der Waals surface area contributed by atoms with Crippen LogP contribution in [0.4, 0.5) is 0 Å². The number of amides is 2. The third-order valence-corrected chi connectivity index (χ3v) is 11.4. The van der Waals surface area contributed by atoms with Gasteiger partial charge in [-0.1, -0.05) is 55.7 Å². The van der Waals surface area contributed by atoms with Crippen molar-refractivity contribution in [2.24, 2.45) is 17.8 Å². The highest BCUT2D eigenvalue weighted by molar-refractivity contribution is 5.82. The first-order valence-corrected chi connectivity index (χ1v) is 19.3. The molecule has 2 heterocycles. The highest BCUT2D eigenvalue weighted by Crippen LogP contribution is 2.39. The van der Waals surface area contributed by atoms with Crippen LogP contribution < -0.4 is 15.4 Å². The molecule has 10 heteroatoms. The van der Waals surface area contributed by atoms with Crippen molar-refractivity contribution in [3.05, 3.63) is 65.2 Å². The van der Waals surface area contributed by atoms with Gasteiger partial charge in [0, 0.05) is 50.6 Å². The van der Waals surface area contributed by atoms with Crippen molar-refractivity contribution >= 4 is 11.8 Å². The molecule has 2 aromatic rings. The molecule has 2 amide bonds. The van der Waals surface area contributed by atoms with Crippen molar-refractivity contribution in [3.8, 4) is 5.75 Å². The fourth-order valence-electron chi connectivity index (χ4n) is 8.73. The van der Waals surface area contributed by atoms with E-state index in [-0.39, 0.29) is 29.8 Å². The number of fused-ring (bicyclic) bond motifs is 2. The first-order valence-electron chi connectivity index (χ1n) is 19.3. The van der Waals surface area contributed by atoms with Crippen LogP contribution in [0.1, 0.15) is 82.0 Å². The van der Waals surface area contributed by atoms with Crippen LogP contribution in [0.25, 0.3) is 0 Å². The monoisotopic (exact) mass is 704 g/mol. The summed E-state index contributed by atoms with van der Waals surface area (Å²) < 4.78 is 11.5. The number of ether oxygens (including phenoxy) is 2. The number of benzene rings is 2. The van der Waals surface area contributed by atoms with Crippen LogP contribution in [0.15, 0.2) is 48.5 Å². The van der Waals surface area contributed by atoms with Gasteiger partial charge in [-0.25, -0.2) is 0 Å². The van der Waals surface area contributed by atoms with Gasteiger partial charge in [0.15, 0.2) is 0 Å². The Balaban J connectivity index is 1.14. The molecule has 0 aromatic heterocycles. The molecule has 1 saturated carbocycles. The molecule has 0 bridgehead atoms. The number of nitrogens with zero attached hydrogens (tertiary/aromatic N) is 2. The molecule has 2 saturated heterocycles. The van der Waals surface area contributed by atoms with Gasteiger partial charge in [-0.05, 0) is 87.1 Å². The SMILES string of the molecule is CC(C)(C)NC(=O)[C@@H]1C[C@@H]2CCCC[C@@H]2CN1C[C@@H](O)C[C@H](Cc1ccc(OCCN2CCOCC2)cc1)C(=O)N[C@H]1c2ccccc2C[C@H]1O. The lowest BCUT2D eigenvalue weighted by molar-refractivity contribution is -0.133. The average Bonchev–Trinajstić information content (AvgIpc) is 3.42. The molecule has 280 valence electrons. The van der Waals surface area contributed by atoms with Gasteiger partial charge in [-0.3, -0.25) is 19.4 Å². The maximum absolute atomic E-state index is 14.1. The minimum atomic E-state index is -0.811.